The predicted molar refractivity (Wildman–Crippen MR) is 210 cm³/mol. The molecule has 0 unspecified atom stereocenters. The van der Waals surface area contributed by atoms with Gasteiger partial charge in [0.15, 0.2) is 0 Å². The highest BCUT2D eigenvalue weighted by Crippen LogP contribution is 2.51. The molecule has 0 N–H and O–H groups in total. The van der Waals surface area contributed by atoms with Crippen LogP contribution in [0.25, 0.3) is 32.7 Å². The molecule has 4 nitrogen and oxygen atoms in total. The van der Waals surface area contributed by atoms with Crippen molar-refractivity contribution in [3.05, 3.63) is 171 Å². The van der Waals surface area contributed by atoms with E-state index in [1.54, 1.807) is 0 Å². The Morgan fingerprint density at radius 3 is 0.938 bits per heavy atom. The molecule has 8 aromatic rings. The van der Waals surface area contributed by atoms with Gasteiger partial charge in [0, 0.05) is 49.6 Å². The van der Waals surface area contributed by atoms with Gasteiger partial charge in [-0.2, -0.15) is 0 Å². The number of rotatable bonds is 7. The number of hydrogen-bond acceptors (Lipinski definition) is 4. The molecule has 0 aliphatic heterocycles. The first kappa shape index (κ1) is 30.0. The highest BCUT2D eigenvalue weighted by molar-refractivity contribution is 7.94. The molecule has 0 amide bonds. The van der Waals surface area contributed by atoms with E-state index >= 15 is 0 Å². The van der Waals surface area contributed by atoms with Crippen LogP contribution in [0.2, 0.25) is 0 Å². The van der Waals surface area contributed by atoms with Crippen LogP contribution in [0.15, 0.2) is 171 Å². The summed E-state index contributed by atoms with van der Waals surface area (Å²) in [6.45, 7) is -4.97. The van der Waals surface area contributed by atoms with E-state index in [4.69, 9.17) is 12.6 Å². The normalized spacial score (nSPS) is 11.9. The number of hydrogen-bond donors (Lipinski definition) is 0. The molecule has 0 atom stereocenters. The van der Waals surface area contributed by atoms with Crippen molar-refractivity contribution in [2.45, 2.75) is 0 Å². The van der Waals surface area contributed by atoms with Crippen LogP contribution in [-0.4, -0.2) is 32.5 Å². The molecule has 8 rings (SSSR count). The zero-order valence-electron chi connectivity index (χ0n) is 26.3. The second kappa shape index (κ2) is 12.3. The largest absolute Gasteiger partial charge is 0.265 e. The zero-order valence-corrected chi connectivity index (χ0v) is 28.1. The first-order valence-corrected chi connectivity index (χ1v) is 19.7. The summed E-state index contributed by atoms with van der Waals surface area (Å²) in [6.07, 6.45) is 25.4. The maximum atomic E-state index is 5.19. The summed E-state index contributed by atoms with van der Waals surface area (Å²) in [4.78, 5) is 17.6. The fourth-order valence-electron chi connectivity index (χ4n) is 6.93. The van der Waals surface area contributed by atoms with Gasteiger partial charge in [0.2, 0.25) is 0 Å². The molecule has 4 heterocycles. The molecule has 0 spiro atoms. The summed E-state index contributed by atoms with van der Waals surface area (Å²) >= 11 is 0. The van der Waals surface area contributed by atoms with Crippen LogP contribution in [0.4, 0.5) is 0 Å². The third-order valence-electron chi connectivity index (χ3n) is 9.30. The van der Waals surface area contributed by atoms with Crippen LogP contribution >= 0.6 is 13.8 Å². The van der Waals surface area contributed by atoms with Gasteiger partial charge in [-0.05, 0) is 127 Å². The molecule has 0 radical (unpaired) electrons. The smallest absolute Gasteiger partial charge is 0.0274 e. The van der Waals surface area contributed by atoms with Crippen LogP contribution in [0.3, 0.4) is 0 Å². The SMILES string of the molecule is C=P(c1ccncc1)(c1ccncc1)c1ccc2ccccc2c1-c1c(P(=C)(c2ccncc2)c2ccncc2)ccc2ccccc12. The van der Waals surface area contributed by atoms with Gasteiger partial charge in [0.05, 0.1) is 0 Å². The molecule has 0 bridgehead atoms. The minimum absolute atomic E-state index is 1.15. The van der Waals surface area contributed by atoms with E-state index in [1.165, 1.54) is 43.3 Å². The Hall–Kier alpha value is -5.40. The van der Waals surface area contributed by atoms with Gasteiger partial charge in [-0.15, -0.1) is 0 Å². The fourth-order valence-corrected chi connectivity index (χ4v) is 13.1. The monoisotopic (exact) mass is 654 g/mol. The van der Waals surface area contributed by atoms with E-state index in [2.05, 4.69) is 141 Å². The van der Waals surface area contributed by atoms with Gasteiger partial charge in [-0.1, -0.05) is 85.4 Å². The molecule has 48 heavy (non-hydrogen) atoms. The average Bonchev–Trinajstić information content (AvgIpc) is 3.18. The van der Waals surface area contributed by atoms with E-state index in [0.717, 1.165) is 21.2 Å². The van der Waals surface area contributed by atoms with Gasteiger partial charge in [-0.25, -0.2) is 0 Å². The number of aromatic nitrogens is 4. The molecule has 230 valence electrons. The van der Waals surface area contributed by atoms with Gasteiger partial charge < -0.3 is 0 Å². The Bertz CT molecular complexity index is 2240. The standard InChI is InChI=1S/C42H32N4P2/c1-47(33-15-23-43-24-16-33,34-17-25-44-26-18-34)39-13-11-31-7-3-5-9-37(31)41(39)42-38-10-6-4-8-32(38)12-14-40(42)48(2,35-19-27-45-28-20-35)36-21-29-46-30-22-36/h3-30H,1-2H2. The lowest BCUT2D eigenvalue weighted by atomic mass is 9.93. The maximum absolute atomic E-state index is 5.19. The van der Waals surface area contributed by atoms with Crippen molar-refractivity contribution in [3.63, 3.8) is 0 Å². The molecule has 4 aromatic heterocycles. The van der Waals surface area contributed by atoms with Gasteiger partial charge in [-0.3, -0.25) is 19.9 Å². The molecule has 0 saturated heterocycles. The lowest BCUT2D eigenvalue weighted by Gasteiger charge is -2.33. The summed E-state index contributed by atoms with van der Waals surface area (Å²) < 4.78 is 0. The molecule has 0 fully saturated rings. The van der Waals surface area contributed by atoms with E-state index in [9.17, 15) is 0 Å². The van der Waals surface area contributed by atoms with Gasteiger partial charge >= 0.3 is 0 Å². The van der Waals surface area contributed by atoms with Gasteiger partial charge in [0.1, 0.15) is 0 Å². The quantitative estimate of drug-likeness (QED) is 0.180. The summed E-state index contributed by atoms with van der Waals surface area (Å²) in [7, 11) is 0. The Morgan fingerprint density at radius 1 is 0.333 bits per heavy atom. The first-order chi connectivity index (χ1) is 23.6. The van der Waals surface area contributed by atoms with Gasteiger partial charge in [0.25, 0.3) is 0 Å². The van der Waals surface area contributed by atoms with Crippen molar-refractivity contribution in [1.29, 1.82) is 0 Å². The third-order valence-corrected chi connectivity index (χ3v) is 16.4. The number of pyridine rings is 4. The lowest BCUT2D eigenvalue weighted by molar-refractivity contribution is 1.34. The number of nitrogens with zero attached hydrogens (tertiary/aromatic N) is 4. The van der Waals surface area contributed by atoms with Crippen molar-refractivity contribution in [2.24, 2.45) is 0 Å². The molecule has 0 aliphatic carbocycles. The Balaban J connectivity index is 1.59. The van der Waals surface area contributed by atoms with E-state index < -0.39 is 13.8 Å². The van der Waals surface area contributed by atoms with Crippen LogP contribution in [0, 0.1) is 0 Å². The zero-order chi connectivity index (χ0) is 32.6. The van der Waals surface area contributed by atoms with E-state index in [-0.39, 0.29) is 0 Å². The Labute approximate surface area is 280 Å². The van der Waals surface area contributed by atoms with Crippen molar-refractivity contribution in [3.8, 4) is 11.1 Å². The molecule has 4 aromatic carbocycles. The minimum Gasteiger partial charge on any atom is -0.265 e. The summed E-state index contributed by atoms with van der Waals surface area (Å²) in [5.74, 6) is 0. The number of benzene rings is 4. The average molecular weight is 655 g/mol. The Kier molecular flexibility index (Phi) is 7.69. The van der Waals surface area contributed by atoms with E-state index in [0.29, 0.717) is 0 Å². The molecular weight excluding hydrogens is 622 g/mol. The van der Waals surface area contributed by atoms with Crippen molar-refractivity contribution in [1.82, 2.24) is 19.9 Å². The van der Waals surface area contributed by atoms with Crippen molar-refractivity contribution < 1.29 is 0 Å². The van der Waals surface area contributed by atoms with Crippen LogP contribution < -0.4 is 31.8 Å². The second-order valence-electron chi connectivity index (χ2n) is 11.8. The third kappa shape index (κ3) is 4.85. The minimum atomic E-state index is -2.49. The topological polar surface area (TPSA) is 51.6 Å². The predicted octanol–water partition coefficient (Wildman–Crippen LogP) is 6.69. The maximum Gasteiger partial charge on any atom is 0.0274 e. The molecule has 6 heteroatoms. The Morgan fingerprint density at radius 2 is 0.625 bits per heavy atom. The van der Waals surface area contributed by atoms with E-state index in [1.807, 2.05) is 49.6 Å². The highest BCUT2D eigenvalue weighted by Gasteiger charge is 2.32. The first-order valence-electron chi connectivity index (χ1n) is 15.7. The van der Waals surface area contributed by atoms with Crippen LogP contribution in [0.5, 0.6) is 0 Å². The number of fused-ring (bicyclic) bond motifs is 2. The fraction of sp³-hybridized carbons (Fsp3) is 0. The summed E-state index contributed by atoms with van der Waals surface area (Å²) in [6, 6.07) is 43.5. The van der Waals surface area contributed by atoms with Crippen LogP contribution in [-0.2, 0) is 0 Å². The summed E-state index contributed by atoms with van der Waals surface area (Å²) in [5.41, 5.74) is 2.38. The van der Waals surface area contributed by atoms with Crippen LogP contribution in [0.1, 0.15) is 0 Å². The molecule has 0 saturated carbocycles. The van der Waals surface area contributed by atoms with Crippen molar-refractivity contribution >= 4 is 79.7 Å². The highest BCUT2D eigenvalue weighted by atomic mass is 31.2. The second-order valence-corrected chi connectivity index (χ2v) is 18.1. The van der Waals surface area contributed by atoms with Crippen molar-refractivity contribution in [2.75, 3.05) is 0 Å². The summed E-state index contributed by atoms with van der Waals surface area (Å²) in [5, 5.41) is 11.7. The molecule has 0 aliphatic rings. The molecular formula is C42H32N4P2. The lowest BCUT2D eigenvalue weighted by Crippen LogP contribution is -2.30.